The third-order valence-corrected chi connectivity index (χ3v) is 5.17. The highest BCUT2D eigenvalue weighted by atomic mass is 79.9. The zero-order valence-corrected chi connectivity index (χ0v) is 15.3. The van der Waals surface area contributed by atoms with E-state index in [1.165, 1.54) is 29.5 Å². The Morgan fingerprint density at radius 1 is 1.08 bits per heavy atom. The van der Waals surface area contributed by atoms with Gasteiger partial charge in [-0.3, -0.25) is 0 Å². The first-order chi connectivity index (χ1) is 11.7. The zero-order chi connectivity index (χ0) is 16.5. The van der Waals surface area contributed by atoms with Crippen LogP contribution in [0.15, 0.2) is 53.0 Å². The predicted octanol–water partition coefficient (Wildman–Crippen LogP) is 5.36. The number of benzene rings is 2. The molecule has 0 unspecified atom stereocenters. The van der Waals surface area contributed by atoms with E-state index in [1.807, 2.05) is 6.07 Å². The van der Waals surface area contributed by atoms with Crippen LogP contribution in [0.5, 0.6) is 0 Å². The summed E-state index contributed by atoms with van der Waals surface area (Å²) in [5, 5.41) is 8.60. The molecule has 122 valence electrons. The maximum Gasteiger partial charge on any atom is 0.133 e. The molecular formula is C20H20BrN3. The second-order valence-corrected chi connectivity index (χ2v) is 7.15. The predicted molar refractivity (Wildman–Crippen MR) is 103 cm³/mol. The number of anilines is 1. The SMILES string of the molecule is Cc1cccc(-c2nn(-c3ccccc3Br)c3c2CCCCN3)c1. The molecule has 4 rings (SSSR count). The first kappa shape index (κ1) is 15.5. The molecule has 0 atom stereocenters. The molecule has 3 aromatic rings. The van der Waals surface area contributed by atoms with Crippen molar-refractivity contribution < 1.29 is 0 Å². The van der Waals surface area contributed by atoms with Gasteiger partial charge in [0.15, 0.2) is 0 Å². The Bertz CT molecular complexity index is 882. The van der Waals surface area contributed by atoms with Gasteiger partial charge in [0.1, 0.15) is 5.82 Å². The second-order valence-electron chi connectivity index (χ2n) is 6.29. The standard InChI is InChI=1S/C20H20BrN3/c1-14-7-6-8-15(13-14)19-16-9-4-5-12-22-20(16)24(23-19)18-11-3-2-10-17(18)21/h2-3,6-8,10-11,13,22H,4-5,9,12H2,1H3. The first-order valence-electron chi connectivity index (χ1n) is 8.42. The molecule has 4 heteroatoms. The zero-order valence-electron chi connectivity index (χ0n) is 13.7. The van der Waals surface area contributed by atoms with Crippen LogP contribution in [-0.4, -0.2) is 16.3 Å². The van der Waals surface area contributed by atoms with Crippen LogP contribution in [-0.2, 0) is 6.42 Å². The minimum Gasteiger partial charge on any atom is -0.370 e. The van der Waals surface area contributed by atoms with Crippen molar-refractivity contribution in [2.24, 2.45) is 0 Å². The third-order valence-electron chi connectivity index (χ3n) is 4.50. The highest BCUT2D eigenvalue weighted by Crippen LogP contribution is 2.35. The summed E-state index contributed by atoms with van der Waals surface area (Å²) in [5.41, 5.74) is 5.95. The Hall–Kier alpha value is -2.07. The van der Waals surface area contributed by atoms with E-state index in [0.717, 1.165) is 34.6 Å². The van der Waals surface area contributed by atoms with Crippen LogP contribution >= 0.6 is 15.9 Å². The van der Waals surface area contributed by atoms with Crippen molar-refractivity contribution >= 4 is 21.7 Å². The molecule has 24 heavy (non-hydrogen) atoms. The largest absolute Gasteiger partial charge is 0.370 e. The van der Waals surface area contributed by atoms with Gasteiger partial charge in [0, 0.05) is 22.1 Å². The van der Waals surface area contributed by atoms with Crippen molar-refractivity contribution in [2.75, 3.05) is 11.9 Å². The van der Waals surface area contributed by atoms with E-state index in [-0.39, 0.29) is 0 Å². The Balaban J connectivity index is 1.94. The average molecular weight is 382 g/mol. The molecule has 0 bridgehead atoms. The number of rotatable bonds is 2. The van der Waals surface area contributed by atoms with Gasteiger partial charge in [0.25, 0.3) is 0 Å². The van der Waals surface area contributed by atoms with E-state index in [2.05, 4.69) is 75.3 Å². The molecule has 0 saturated heterocycles. The fraction of sp³-hybridized carbons (Fsp3) is 0.250. The minimum atomic E-state index is 0.996. The number of fused-ring (bicyclic) bond motifs is 1. The fourth-order valence-corrected chi connectivity index (χ4v) is 3.78. The summed E-state index contributed by atoms with van der Waals surface area (Å²) in [4.78, 5) is 0. The second kappa shape index (κ2) is 6.44. The molecule has 2 aromatic carbocycles. The van der Waals surface area contributed by atoms with Crippen LogP contribution in [0.2, 0.25) is 0 Å². The van der Waals surface area contributed by atoms with E-state index < -0.39 is 0 Å². The van der Waals surface area contributed by atoms with Crippen molar-refractivity contribution in [3.8, 4) is 16.9 Å². The molecule has 0 spiro atoms. The van der Waals surface area contributed by atoms with E-state index in [9.17, 15) is 0 Å². The molecule has 0 aliphatic carbocycles. The van der Waals surface area contributed by atoms with E-state index in [4.69, 9.17) is 5.10 Å². The quantitative estimate of drug-likeness (QED) is 0.647. The minimum absolute atomic E-state index is 0.996. The van der Waals surface area contributed by atoms with Crippen molar-refractivity contribution in [3.63, 3.8) is 0 Å². The van der Waals surface area contributed by atoms with Crippen LogP contribution < -0.4 is 5.32 Å². The number of para-hydroxylation sites is 1. The molecule has 0 amide bonds. The monoisotopic (exact) mass is 381 g/mol. The van der Waals surface area contributed by atoms with Gasteiger partial charge in [0.05, 0.1) is 11.4 Å². The fourth-order valence-electron chi connectivity index (χ4n) is 3.32. The third kappa shape index (κ3) is 2.75. The summed E-state index contributed by atoms with van der Waals surface area (Å²) >= 11 is 3.67. The lowest BCUT2D eigenvalue weighted by atomic mass is 10.0. The molecule has 1 aliphatic rings. The molecule has 3 nitrogen and oxygen atoms in total. The smallest absolute Gasteiger partial charge is 0.133 e. The summed E-state index contributed by atoms with van der Waals surface area (Å²) in [7, 11) is 0. The first-order valence-corrected chi connectivity index (χ1v) is 9.21. The molecule has 0 saturated carbocycles. The summed E-state index contributed by atoms with van der Waals surface area (Å²) in [6, 6.07) is 16.9. The van der Waals surface area contributed by atoms with Crippen molar-refractivity contribution in [1.82, 2.24) is 9.78 Å². The van der Waals surface area contributed by atoms with Gasteiger partial charge in [-0.15, -0.1) is 0 Å². The molecule has 1 aliphatic heterocycles. The Morgan fingerprint density at radius 2 is 1.96 bits per heavy atom. The summed E-state index contributed by atoms with van der Waals surface area (Å²) < 4.78 is 3.11. The maximum atomic E-state index is 5.00. The van der Waals surface area contributed by atoms with Crippen LogP contribution in [0.1, 0.15) is 24.0 Å². The Morgan fingerprint density at radius 3 is 2.79 bits per heavy atom. The molecule has 2 heterocycles. The highest BCUT2D eigenvalue weighted by Gasteiger charge is 2.22. The molecule has 0 radical (unpaired) electrons. The number of hydrogen-bond acceptors (Lipinski definition) is 2. The molecule has 0 fully saturated rings. The van der Waals surface area contributed by atoms with Gasteiger partial charge >= 0.3 is 0 Å². The van der Waals surface area contributed by atoms with Crippen LogP contribution in [0, 0.1) is 6.92 Å². The lowest BCUT2D eigenvalue weighted by molar-refractivity contribution is 0.780. The molecular weight excluding hydrogens is 362 g/mol. The van der Waals surface area contributed by atoms with Crippen LogP contribution in [0.25, 0.3) is 16.9 Å². The molecule has 1 N–H and O–H groups in total. The number of aromatic nitrogens is 2. The van der Waals surface area contributed by atoms with Gasteiger partial charge in [-0.25, -0.2) is 4.68 Å². The number of aryl methyl sites for hydroxylation is 1. The van der Waals surface area contributed by atoms with Crippen LogP contribution in [0.3, 0.4) is 0 Å². The summed E-state index contributed by atoms with van der Waals surface area (Å²) in [5.74, 6) is 1.14. The van der Waals surface area contributed by atoms with Crippen molar-refractivity contribution in [3.05, 3.63) is 64.1 Å². The van der Waals surface area contributed by atoms with Gasteiger partial charge in [-0.05, 0) is 60.3 Å². The lowest BCUT2D eigenvalue weighted by Crippen LogP contribution is -2.07. The normalized spacial score (nSPS) is 13.9. The maximum absolute atomic E-state index is 5.00. The van der Waals surface area contributed by atoms with Gasteiger partial charge in [-0.1, -0.05) is 35.9 Å². The summed E-state index contributed by atoms with van der Waals surface area (Å²) in [6.45, 7) is 3.13. The number of hydrogen-bond donors (Lipinski definition) is 1. The number of nitrogens with zero attached hydrogens (tertiary/aromatic N) is 2. The average Bonchev–Trinajstić information content (AvgIpc) is 2.77. The van der Waals surface area contributed by atoms with E-state index in [1.54, 1.807) is 0 Å². The van der Waals surface area contributed by atoms with Gasteiger partial charge in [-0.2, -0.15) is 5.10 Å². The Labute approximate surface area is 150 Å². The van der Waals surface area contributed by atoms with Gasteiger partial charge in [0.2, 0.25) is 0 Å². The van der Waals surface area contributed by atoms with E-state index >= 15 is 0 Å². The van der Waals surface area contributed by atoms with Gasteiger partial charge < -0.3 is 5.32 Å². The highest BCUT2D eigenvalue weighted by molar-refractivity contribution is 9.10. The van der Waals surface area contributed by atoms with Crippen molar-refractivity contribution in [1.29, 1.82) is 0 Å². The Kier molecular flexibility index (Phi) is 4.15. The van der Waals surface area contributed by atoms with Crippen molar-refractivity contribution in [2.45, 2.75) is 26.2 Å². The summed E-state index contributed by atoms with van der Waals surface area (Å²) in [6.07, 6.45) is 3.45. The lowest BCUT2D eigenvalue weighted by Gasteiger charge is -2.10. The number of halogens is 1. The van der Waals surface area contributed by atoms with E-state index in [0.29, 0.717) is 0 Å². The molecule has 1 aromatic heterocycles. The number of nitrogens with one attached hydrogen (secondary N) is 1. The topological polar surface area (TPSA) is 29.9 Å². The van der Waals surface area contributed by atoms with Crippen LogP contribution in [0.4, 0.5) is 5.82 Å².